The van der Waals surface area contributed by atoms with Crippen LogP contribution >= 0.6 is 0 Å². The van der Waals surface area contributed by atoms with E-state index in [1.54, 1.807) is 18.2 Å². The Balaban J connectivity index is 1.98. The monoisotopic (exact) mass is 236 g/mol. The molecule has 0 aromatic heterocycles. The number of ether oxygens (including phenoxy) is 3. The Morgan fingerprint density at radius 2 is 2.00 bits per heavy atom. The molecule has 4 heteroatoms. The lowest BCUT2D eigenvalue weighted by atomic mass is 9.91. The van der Waals surface area contributed by atoms with Crippen LogP contribution in [-0.2, 0) is 4.79 Å². The third-order valence-corrected chi connectivity index (χ3v) is 2.55. The molecular weight excluding hydrogens is 220 g/mol. The van der Waals surface area contributed by atoms with Crippen molar-refractivity contribution in [1.82, 2.24) is 0 Å². The number of rotatable bonds is 3. The summed E-state index contributed by atoms with van der Waals surface area (Å²) in [6, 6.07) is 5.28. The number of carbonyl (C=O) groups excluding carboxylic acids is 1. The highest BCUT2D eigenvalue weighted by Crippen LogP contribution is 2.35. The SMILES string of the molecule is CC(C)(C)C(=O)COc1ccc2c(c1)OCO2. The third-order valence-electron chi connectivity index (χ3n) is 2.55. The van der Waals surface area contributed by atoms with E-state index in [-0.39, 0.29) is 24.6 Å². The van der Waals surface area contributed by atoms with Crippen LogP contribution < -0.4 is 14.2 Å². The fourth-order valence-corrected chi connectivity index (χ4v) is 1.33. The van der Waals surface area contributed by atoms with E-state index in [1.807, 2.05) is 20.8 Å². The molecule has 0 amide bonds. The first-order chi connectivity index (χ1) is 7.97. The van der Waals surface area contributed by atoms with Gasteiger partial charge in [0.15, 0.2) is 17.3 Å². The van der Waals surface area contributed by atoms with Crippen LogP contribution in [0.5, 0.6) is 17.2 Å². The van der Waals surface area contributed by atoms with E-state index < -0.39 is 0 Å². The molecule has 0 saturated heterocycles. The van der Waals surface area contributed by atoms with E-state index >= 15 is 0 Å². The maximum atomic E-state index is 11.7. The Kier molecular flexibility index (Phi) is 2.96. The third kappa shape index (κ3) is 2.70. The lowest BCUT2D eigenvalue weighted by Gasteiger charge is -2.16. The Morgan fingerprint density at radius 3 is 2.71 bits per heavy atom. The van der Waals surface area contributed by atoms with Gasteiger partial charge in [-0.05, 0) is 12.1 Å². The summed E-state index contributed by atoms with van der Waals surface area (Å²) in [6.45, 7) is 5.93. The van der Waals surface area contributed by atoms with E-state index in [0.29, 0.717) is 17.2 Å². The van der Waals surface area contributed by atoms with Gasteiger partial charge in [-0.2, -0.15) is 0 Å². The van der Waals surface area contributed by atoms with E-state index in [0.717, 1.165) is 0 Å². The van der Waals surface area contributed by atoms with Crippen molar-refractivity contribution in [2.45, 2.75) is 20.8 Å². The second-order valence-corrected chi connectivity index (χ2v) is 4.98. The molecule has 0 radical (unpaired) electrons. The van der Waals surface area contributed by atoms with Crippen molar-refractivity contribution in [2.24, 2.45) is 5.41 Å². The van der Waals surface area contributed by atoms with E-state index in [2.05, 4.69) is 0 Å². The number of hydrogen-bond acceptors (Lipinski definition) is 4. The van der Waals surface area contributed by atoms with Gasteiger partial charge in [-0.15, -0.1) is 0 Å². The van der Waals surface area contributed by atoms with Crippen LogP contribution in [0.4, 0.5) is 0 Å². The second-order valence-electron chi connectivity index (χ2n) is 4.98. The quantitative estimate of drug-likeness (QED) is 0.808. The summed E-state index contributed by atoms with van der Waals surface area (Å²) >= 11 is 0. The van der Waals surface area contributed by atoms with E-state index in [9.17, 15) is 4.79 Å². The number of hydrogen-bond donors (Lipinski definition) is 0. The van der Waals surface area contributed by atoms with Gasteiger partial charge in [0, 0.05) is 11.5 Å². The molecule has 2 rings (SSSR count). The molecule has 0 spiro atoms. The average Bonchev–Trinajstić information content (AvgIpc) is 2.71. The van der Waals surface area contributed by atoms with Gasteiger partial charge in [0.25, 0.3) is 0 Å². The van der Waals surface area contributed by atoms with Crippen LogP contribution in [0.2, 0.25) is 0 Å². The van der Waals surface area contributed by atoms with Crippen molar-refractivity contribution < 1.29 is 19.0 Å². The average molecular weight is 236 g/mol. The number of carbonyl (C=O) groups is 1. The summed E-state index contributed by atoms with van der Waals surface area (Å²) in [6.07, 6.45) is 0. The maximum absolute atomic E-state index is 11.7. The summed E-state index contributed by atoms with van der Waals surface area (Å²) in [5, 5.41) is 0. The van der Waals surface area contributed by atoms with Crippen LogP contribution in [0.15, 0.2) is 18.2 Å². The fraction of sp³-hybridized carbons (Fsp3) is 0.462. The molecular formula is C13H16O4. The fourth-order valence-electron chi connectivity index (χ4n) is 1.33. The lowest BCUT2D eigenvalue weighted by molar-refractivity contribution is -0.128. The van der Waals surface area contributed by atoms with Crippen LogP contribution in [-0.4, -0.2) is 19.2 Å². The first kappa shape index (κ1) is 11.8. The Hall–Kier alpha value is -1.71. The number of benzene rings is 1. The van der Waals surface area contributed by atoms with Gasteiger partial charge in [-0.1, -0.05) is 20.8 Å². The topological polar surface area (TPSA) is 44.8 Å². The second kappa shape index (κ2) is 4.28. The molecule has 0 saturated carbocycles. The van der Waals surface area contributed by atoms with Crippen molar-refractivity contribution in [2.75, 3.05) is 13.4 Å². The van der Waals surface area contributed by atoms with Gasteiger partial charge in [0.05, 0.1) is 0 Å². The first-order valence-electron chi connectivity index (χ1n) is 5.52. The molecule has 0 atom stereocenters. The van der Waals surface area contributed by atoms with Crippen molar-refractivity contribution in [3.63, 3.8) is 0 Å². The minimum Gasteiger partial charge on any atom is -0.486 e. The van der Waals surface area contributed by atoms with Gasteiger partial charge in [0.2, 0.25) is 6.79 Å². The van der Waals surface area contributed by atoms with Gasteiger partial charge < -0.3 is 14.2 Å². The highest BCUT2D eigenvalue weighted by molar-refractivity contribution is 5.85. The van der Waals surface area contributed by atoms with Crippen molar-refractivity contribution in [3.8, 4) is 17.2 Å². The molecule has 0 aliphatic carbocycles. The predicted molar refractivity (Wildman–Crippen MR) is 62.5 cm³/mol. The molecule has 0 bridgehead atoms. The van der Waals surface area contributed by atoms with Crippen molar-refractivity contribution in [1.29, 1.82) is 0 Å². The zero-order valence-electron chi connectivity index (χ0n) is 10.3. The number of fused-ring (bicyclic) bond motifs is 1. The van der Waals surface area contributed by atoms with Gasteiger partial charge in [0.1, 0.15) is 12.4 Å². The van der Waals surface area contributed by atoms with E-state index in [1.165, 1.54) is 0 Å². The highest BCUT2D eigenvalue weighted by atomic mass is 16.7. The zero-order chi connectivity index (χ0) is 12.5. The molecule has 1 aliphatic heterocycles. The molecule has 0 N–H and O–H groups in total. The Bertz CT molecular complexity index is 432. The zero-order valence-corrected chi connectivity index (χ0v) is 10.3. The van der Waals surface area contributed by atoms with Gasteiger partial charge >= 0.3 is 0 Å². The van der Waals surface area contributed by atoms with Gasteiger partial charge in [-0.3, -0.25) is 4.79 Å². The summed E-state index contributed by atoms with van der Waals surface area (Å²) in [4.78, 5) is 11.7. The maximum Gasteiger partial charge on any atom is 0.231 e. The Morgan fingerprint density at radius 1 is 1.29 bits per heavy atom. The van der Waals surface area contributed by atoms with Crippen LogP contribution in [0, 0.1) is 5.41 Å². The van der Waals surface area contributed by atoms with Crippen LogP contribution in [0.3, 0.4) is 0 Å². The number of Topliss-reactive ketones (excluding diaryl/α,β-unsaturated/α-hetero) is 1. The minimum absolute atomic E-state index is 0.0650. The molecule has 4 nitrogen and oxygen atoms in total. The van der Waals surface area contributed by atoms with Crippen LogP contribution in [0.1, 0.15) is 20.8 Å². The molecule has 1 aliphatic rings. The van der Waals surface area contributed by atoms with Gasteiger partial charge in [-0.25, -0.2) is 0 Å². The minimum atomic E-state index is -0.379. The highest BCUT2D eigenvalue weighted by Gasteiger charge is 2.22. The Labute approximate surface area is 100 Å². The standard InChI is InChI=1S/C13H16O4/c1-13(2,3)12(14)7-15-9-4-5-10-11(6-9)17-8-16-10/h4-6H,7-8H2,1-3H3. The summed E-state index contributed by atoms with van der Waals surface area (Å²) in [5.74, 6) is 2.05. The molecule has 0 unspecified atom stereocenters. The first-order valence-corrected chi connectivity index (χ1v) is 5.52. The smallest absolute Gasteiger partial charge is 0.231 e. The normalized spacial score (nSPS) is 13.6. The molecule has 17 heavy (non-hydrogen) atoms. The predicted octanol–water partition coefficient (Wildman–Crippen LogP) is 2.41. The lowest BCUT2D eigenvalue weighted by Crippen LogP contribution is -2.26. The van der Waals surface area contributed by atoms with Crippen LogP contribution in [0.25, 0.3) is 0 Å². The largest absolute Gasteiger partial charge is 0.486 e. The number of ketones is 1. The van der Waals surface area contributed by atoms with E-state index in [4.69, 9.17) is 14.2 Å². The molecule has 0 fully saturated rings. The molecule has 92 valence electrons. The summed E-state index contributed by atoms with van der Waals surface area (Å²) in [7, 11) is 0. The van der Waals surface area contributed by atoms with Crippen molar-refractivity contribution >= 4 is 5.78 Å². The molecule has 1 aromatic carbocycles. The van der Waals surface area contributed by atoms with Crippen molar-refractivity contribution in [3.05, 3.63) is 18.2 Å². The molecule has 1 aromatic rings. The summed E-state index contributed by atoms with van der Waals surface area (Å²) in [5.41, 5.74) is -0.379. The summed E-state index contributed by atoms with van der Waals surface area (Å²) < 4.78 is 15.8. The molecule has 1 heterocycles.